The molecule has 0 aliphatic rings. The van der Waals surface area contributed by atoms with Crippen molar-refractivity contribution in [3.63, 3.8) is 0 Å². The molecule has 1 N–H and O–H groups in total. The van der Waals surface area contributed by atoms with Gasteiger partial charge < -0.3 is 5.32 Å². The maximum Gasteiger partial charge on any atom is 0.00104 e. The molecule has 0 aliphatic carbocycles. The zero-order chi connectivity index (χ0) is 14.8. The highest BCUT2D eigenvalue weighted by Gasteiger charge is 2.10. The monoisotopic (exact) mass is 293 g/mol. The molecule has 0 saturated heterocycles. The summed E-state index contributed by atoms with van der Waals surface area (Å²) < 4.78 is 0. The second kappa shape index (κ2) is 10.3. The van der Waals surface area contributed by atoms with E-state index in [9.17, 15) is 0 Å². The fourth-order valence-corrected chi connectivity index (χ4v) is 3.13. The lowest BCUT2D eigenvalue weighted by molar-refractivity contribution is 0.419. The first-order chi connectivity index (χ1) is 9.61. The van der Waals surface area contributed by atoms with E-state index >= 15 is 0 Å². The number of aryl methyl sites for hydroxylation is 1. The Morgan fingerprint density at radius 2 is 2.05 bits per heavy atom. The number of hydrogen-bond acceptors (Lipinski definition) is 2. The Kier molecular flexibility index (Phi) is 9.04. The Bertz CT molecular complexity index is 362. The van der Waals surface area contributed by atoms with Gasteiger partial charge in [0.25, 0.3) is 0 Å². The van der Waals surface area contributed by atoms with Crippen LogP contribution >= 0.6 is 11.8 Å². The van der Waals surface area contributed by atoms with Gasteiger partial charge in [0.15, 0.2) is 0 Å². The smallest absolute Gasteiger partial charge is 0.00104 e. The number of benzene rings is 1. The van der Waals surface area contributed by atoms with Crippen molar-refractivity contribution in [1.29, 1.82) is 0 Å². The molecule has 0 heterocycles. The van der Waals surface area contributed by atoms with E-state index in [0.717, 1.165) is 12.5 Å². The molecule has 0 amide bonds. The molecule has 1 aromatic rings. The zero-order valence-corrected chi connectivity index (χ0v) is 14.4. The number of hydrogen-bond donors (Lipinski definition) is 1. The predicted molar refractivity (Wildman–Crippen MR) is 93.7 cm³/mol. The van der Waals surface area contributed by atoms with Gasteiger partial charge in [-0.15, -0.1) is 0 Å². The van der Waals surface area contributed by atoms with Gasteiger partial charge in [-0.3, -0.25) is 0 Å². The maximum atomic E-state index is 3.61. The van der Waals surface area contributed by atoms with Crippen molar-refractivity contribution < 1.29 is 0 Å². The largest absolute Gasteiger partial charge is 0.314 e. The van der Waals surface area contributed by atoms with Crippen molar-refractivity contribution in [1.82, 2.24) is 5.32 Å². The van der Waals surface area contributed by atoms with Gasteiger partial charge in [0.05, 0.1) is 0 Å². The molecule has 0 spiro atoms. The molecule has 2 heteroatoms. The third kappa shape index (κ3) is 7.96. The van der Waals surface area contributed by atoms with Gasteiger partial charge in [-0.1, -0.05) is 50.6 Å². The summed E-state index contributed by atoms with van der Waals surface area (Å²) in [5.41, 5.74) is 2.86. The van der Waals surface area contributed by atoms with E-state index < -0.39 is 0 Å². The Morgan fingerprint density at radius 1 is 1.25 bits per heavy atom. The third-order valence-corrected chi connectivity index (χ3v) is 4.51. The van der Waals surface area contributed by atoms with E-state index in [-0.39, 0.29) is 0 Å². The van der Waals surface area contributed by atoms with Crippen LogP contribution in [0.4, 0.5) is 0 Å². The second-order valence-electron chi connectivity index (χ2n) is 5.96. The van der Waals surface area contributed by atoms with Crippen molar-refractivity contribution in [3.8, 4) is 0 Å². The minimum Gasteiger partial charge on any atom is -0.314 e. The lowest BCUT2D eigenvalue weighted by Gasteiger charge is -2.19. The number of rotatable bonds is 10. The first-order valence-electron chi connectivity index (χ1n) is 7.98. The van der Waals surface area contributed by atoms with Crippen LogP contribution in [0.15, 0.2) is 24.3 Å². The minimum atomic E-state index is 0.583. The van der Waals surface area contributed by atoms with E-state index in [4.69, 9.17) is 0 Å². The first kappa shape index (κ1) is 17.6. The van der Waals surface area contributed by atoms with Gasteiger partial charge in [0.1, 0.15) is 0 Å². The molecule has 1 aromatic carbocycles. The van der Waals surface area contributed by atoms with Crippen LogP contribution in [-0.2, 0) is 6.42 Å². The maximum absolute atomic E-state index is 3.61. The van der Waals surface area contributed by atoms with Crippen molar-refractivity contribution in [3.05, 3.63) is 35.4 Å². The Hall–Kier alpha value is -0.470. The van der Waals surface area contributed by atoms with Crippen molar-refractivity contribution >= 4 is 11.8 Å². The number of thioether (sulfide) groups is 1. The summed E-state index contributed by atoms with van der Waals surface area (Å²) in [5.74, 6) is 3.31. The molecule has 1 atom stereocenters. The van der Waals surface area contributed by atoms with E-state index in [1.807, 2.05) is 0 Å². The topological polar surface area (TPSA) is 12.0 Å². The van der Waals surface area contributed by atoms with Gasteiger partial charge in [-0.05, 0) is 55.7 Å². The molecule has 0 aromatic heterocycles. The van der Waals surface area contributed by atoms with E-state index in [1.165, 1.54) is 41.9 Å². The average Bonchev–Trinajstić information content (AvgIpc) is 2.40. The Labute approximate surface area is 129 Å². The first-order valence-corrected chi connectivity index (χ1v) is 9.14. The van der Waals surface area contributed by atoms with Gasteiger partial charge in [-0.2, -0.15) is 11.8 Å². The summed E-state index contributed by atoms with van der Waals surface area (Å²) >= 11 is 2.06. The van der Waals surface area contributed by atoms with Crippen LogP contribution in [0.1, 0.15) is 44.7 Å². The SMILES string of the molecule is CCSCCCC(CNC(C)C)Cc1cccc(C)c1. The quantitative estimate of drug-likeness (QED) is 0.628. The average molecular weight is 294 g/mol. The minimum absolute atomic E-state index is 0.583. The molecule has 1 nitrogen and oxygen atoms in total. The molecule has 0 saturated carbocycles. The van der Waals surface area contributed by atoms with Crippen LogP contribution in [0, 0.1) is 12.8 Å². The van der Waals surface area contributed by atoms with Crippen molar-refractivity contribution in [2.24, 2.45) is 5.92 Å². The summed E-state index contributed by atoms with van der Waals surface area (Å²) in [6.45, 7) is 10.0. The van der Waals surface area contributed by atoms with Crippen molar-refractivity contribution in [2.45, 2.75) is 53.0 Å². The highest BCUT2D eigenvalue weighted by molar-refractivity contribution is 7.99. The highest BCUT2D eigenvalue weighted by Crippen LogP contribution is 2.17. The third-order valence-electron chi connectivity index (χ3n) is 3.53. The summed E-state index contributed by atoms with van der Waals surface area (Å²) in [4.78, 5) is 0. The van der Waals surface area contributed by atoms with Gasteiger partial charge in [0.2, 0.25) is 0 Å². The number of nitrogens with one attached hydrogen (secondary N) is 1. The Balaban J connectivity index is 2.47. The standard InChI is InChI=1S/C18H31NS/c1-5-20-11-7-10-18(14-19-15(2)3)13-17-9-6-8-16(4)12-17/h6,8-9,12,15,18-19H,5,7,10-11,13-14H2,1-4H3. The lowest BCUT2D eigenvalue weighted by Crippen LogP contribution is -2.30. The molecule has 0 bridgehead atoms. The zero-order valence-electron chi connectivity index (χ0n) is 13.6. The van der Waals surface area contributed by atoms with Gasteiger partial charge in [0, 0.05) is 6.04 Å². The van der Waals surface area contributed by atoms with Gasteiger partial charge in [-0.25, -0.2) is 0 Å². The summed E-state index contributed by atoms with van der Waals surface area (Å²) in [6, 6.07) is 9.56. The van der Waals surface area contributed by atoms with Crippen LogP contribution in [0.2, 0.25) is 0 Å². The molecular formula is C18H31NS. The summed E-state index contributed by atoms with van der Waals surface area (Å²) in [5, 5.41) is 3.61. The predicted octanol–water partition coefficient (Wildman–Crippen LogP) is 4.69. The molecule has 0 aliphatic heterocycles. The molecule has 0 fully saturated rings. The molecule has 20 heavy (non-hydrogen) atoms. The van der Waals surface area contributed by atoms with E-state index in [0.29, 0.717) is 6.04 Å². The Morgan fingerprint density at radius 3 is 2.70 bits per heavy atom. The van der Waals surface area contributed by atoms with Crippen LogP contribution in [0.5, 0.6) is 0 Å². The highest BCUT2D eigenvalue weighted by atomic mass is 32.2. The van der Waals surface area contributed by atoms with Crippen LogP contribution in [0.25, 0.3) is 0 Å². The second-order valence-corrected chi connectivity index (χ2v) is 7.36. The summed E-state index contributed by atoms with van der Waals surface area (Å²) in [6.07, 6.45) is 3.88. The van der Waals surface area contributed by atoms with Crippen LogP contribution in [-0.4, -0.2) is 24.1 Å². The summed E-state index contributed by atoms with van der Waals surface area (Å²) in [7, 11) is 0. The lowest BCUT2D eigenvalue weighted by atomic mass is 9.94. The fourth-order valence-electron chi connectivity index (χ4n) is 2.47. The molecule has 1 unspecified atom stereocenters. The molecule has 0 radical (unpaired) electrons. The molecular weight excluding hydrogens is 262 g/mol. The van der Waals surface area contributed by atoms with Crippen LogP contribution < -0.4 is 5.32 Å². The normalized spacial score (nSPS) is 12.8. The fraction of sp³-hybridized carbons (Fsp3) is 0.667. The van der Waals surface area contributed by atoms with Gasteiger partial charge >= 0.3 is 0 Å². The molecule has 114 valence electrons. The van der Waals surface area contributed by atoms with Crippen molar-refractivity contribution in [2.75, 3.05) is 18.1 Å². The van der Waals surface area contributed by atoms with Crippen LogP contribution in [0.3, 0.4) is 0 Å². The van der Waals surface area contributed by atoms with E-state index in [2.05, 4.69) is 69.0 Å². The van der Waals surface area contributed by atoms with E-state index in [1.54, 1.807) is 0 Å². The molecule has 1 rings (SSSR count).